The summed E-state index contributed by atoms with van der Waals surface area (Å²) in [5, 5.41) is 2.74. The van der Waals surface area contributed by atoms with Gasteiger partial charge >= 0.3 is 24.2 Å². The van der Waals surface area contributed by atoms with Crippen LogP contribution in [0.5, 0.6) is 5.75 Å². The second kappa shape index (κ2) is 7.33. The molecule has 1 atom stereocenters. The molecule has 2 aromatic rings. The van der Waals surface area contributed by atoms with Crippen molar-refractivity contribution < 1.29 is 45.4 Å². The molecule has 0 aliphatic carbocycles. The van der Waals surface area contributed by atoms with Gasteiger partial charge in [-0.1, -0.05) is 11.3 Å². The molecule has 0 bridgehead atoms. The average Bonchev–Trinajstić information content (AvgIpc) is 2.91. The molecule has 1 aromatic heterocycles. The predicted molar refractivity (Wildman–Crippen MR) is 84.5 cm³/mol. The van der Waals surface area contributed by atoms with Crippen LogP contribution in [0.15, 0.2) is 18.2 Å². The lowest BCUT2D eigenvalue weighted by molar-refractivity contribution is -0.274. The van der Waals surface area contributed by atoms with E-state index in [1.807, 2.05) is 0 Å². The largest absolute Gasteiger partial charge is 0.573 e. The van der Waals surface area contributed by atoms with Crippen LogP contribution in [0.1, 0.15) is 6.92 Å². The van der Waals surface area contributed by atoms with Crippen molar-refractivity contribution in [2.45, 2.75) is 25.1 Å². The summed E-state index contributed by atoms with van der Waals surface area (Å²) in [5.74, 6) is -3.67. The lowest BCUT2D eigenvalue weighted by atomic mass is 10.1. The van der Waals surface area contributed by atoms with E-state index in [0.29, 0.717) is 18.4 Å². The number of nitrogens with zero attached hydrogens (tertiary/aromatic N) is 1. The van der Waals surface area contributed by atoms with Crippen molar-refractivity contribution in [3.63, 3.8) is 0 Å². The second-order valence-corrected chi connectivity index (χ2v) is 6.27. The minimum Gasteiger partial charge on any atom is -0.466 e. The summed E-state index contributed by atoms with van der Waals surface area (Å²) in [6.45, 7) is 0.754. The molecule has 1 amide bonds. The number of hydrogen-bond donors (Lipinski definition) is 2. The molecule has 0 aliphatic rings. The van der Waals surface area contributed by atoms with Crippen molar-refractivity contribution in [1.29, 1.82) is 0 Å². The van der Waals surface area contributed by atoms with Gasteiger partial charge in [0.15, 0.2) is 5.13 Å². The molecular formula is C14H11F6N3O4S. The van der Waals surface area contributed by atoms with Crippen molar-refractivity contribution in [2.24, 2.45) is 0 Å². The Bertz CT molecular complexity index is 897. The topological polar surface area (TPSA) is 89.5 Å². The van der Waals surface area contributed by atoms with Crippen molar-refractivity contribution >= 4 is 38.6 Å². The fourth-order valence-corrected chi connectivity index (χ4v) is 3.07. The normalized spacial score (nSPS) is 14.3. The number of carbonyl (C=O) groups excluding carboxylic acids is 2. The molecule has 0 spiro atoms. The molecule has 0 saturated heterocycles. The summed E-state index contributed by atoms with van der Waals surface area (Å²) in [4.78, 5) is 26.9. The van der Waals surface area contributed by atoms with Crippen molar-refractivity contribution in [3.05, 3.63) is 18.2 Å². The summed E-state index contributed by atoms with van der Waals surface area (Å²) in [5.41, 5.74) is -3.61. The molecule has 0 fully saturated rings. The van der Waals surface area contributed by atoms with E-state index >= 15 is 0 Å². The average molecular weight is 431 g/mol. The van der Waals surface area contributed by atoms with Gasteiger partial charge in [0.25, 0.3) is 0 Å². The van der Waals surface area contributed by atoms with Crippen LogP contribution in [0.4, 0.5) is 31.5 Å². The number of carbonyl (C=O) groups is 2. The standard InChI is InChI=1S/C14H11F6N3O4S/c1-6(24)22-12(10(25)26-2,13(15,16)17)23-11-21-8-4-3-7(5-9(8)28-11)27-14(18,19)20/h3-5H,1-2H3,(H,21,23)(H,22,24)/t12-/m0/s1. The third-order valence-corrected chi connectivity index (χ3v) is 4.10. The first kappa shape index (κ1) is 21.5. The number of fused-ring (bicyclic) bond motifs is 1. The van der Waals surface area contributed by atoms with Gasteiger partial charge in [-0.05, 0) is 12.1 Å². The number of ether oxygens (including phenoxy) is 2. The van der Waals surface area contributed by atoms with Crippen LogP contribution >= 0.6 is 11.3 Å². The van der Waals surface area contributed by atoms with E-state index < -0.39 is 41.0 Å². The number of benzene rings is 1. The number of thiazole rings is 1. The molecule has 154 valence electrons. The predicted octanol–water partition coefficient (Wildman–Crippen LogP) is 3.17. The highest BCUT2D eigenvalue weighted by atomic mass is 32.1. The van der Waals surface area contributed by atoms with Gasteiger partial charge in [0.05, 0.1) is 17.3 Å². The summed E-state index contributed by atoms with van der Waals surface area (Å²) >= 11 is 0.507. The molecule has 0 radical (unpaired) electrons. The van der Waals surface area contributed by atoms with Crippen LogP contribution in [-0.4, -0.2) is 42.2 Å². The summed E-state index contributed by atoms with van der Waals surface area (Å²) in [7, 11) is 0.686. The Morgan fingerprint density at radius 1 is 1.14 bits per heavy atom. The number of esters is 1. The maximum absolute atomic E-state index is 13.6. The molecule has 0 saturated carbocycles. The zero-order valence-electron chi connectivity index (χ0n) is 14.0. The molecule has 1 heterocycles. The van der Waals surface area contributed by atoms with Crippen LogP contribution in [0.3, 0.4) is 0 Å². The van der Waals surface area contributed by atoms with Gasteiger partial charge in [0.1, 0.15) is 5.75 Å². The van der Waals surface area contributed by atoms with Gasteiger partial charge < -0.3 is 20.1 Å². The highest BCUT2D eigenvalue weighted by Gasteiger charge is 2.63. The van der Waals surface area contributed by atoms with Crippen molar-refractivity contribution in [2.75, 3.05) is 12.4 Å². The Labute approximate surface area is 156 Å². The minimum atomic E-state index is -5.34. The number of hydrogen-bond acceptors (Lipinski definition) is 7. The van der Waals surface area contributed by atoms with Gasteiger partial charge in [-0.2, -0.15) is 13.2 Å². The lowest BCUT2D eigenvalue weighted by Crippen LogP contribution is -2.69. The van der Waals surface area contributed by atoms with E-state index in [2.05, 4.69) is 14.5 Å². The summed E-state index contributed by atoms with van der Waals surface area (Å²) in [6.07, 6.45) is -10.3. The van der Waals surface area contributed by atoms with Crippen LogP contribution < -0.4 is 15.4 Å². The first-order valence-electron chi connectivity index (χ1n) is 7.16. The summed E-state index contributed by atoms with van der Waals surface area (Å²) in [6, 6.07) is 2.92. The fourth-order valence-electron chi connectivity index (χ4n) is 2.12. The van der Waals surface area contributed by atoms with Gasteiger partial charge in [0.2, 0.25) is 5.91 Å². The molecule has 28 heavy (non-hydrogen) atoms. The van der Waals surface area contributed by atoms with E-state index in [-0.39, 0.29) is 10.2 Å². The quantitative estimate of drug-likeness (QED) is 0.430. The van der Waals surface area contributed by atoms with Crippen LogP contribution in [0.2, 0.25) is 0 Å². The maximum atomic E-state index is 13.6. The van der Waals surface area contributed by atoms with Gasteiger partial charge in [-0.25, -0.2) is 9.78 Å². The fraction of sp³-hybridized carbons (Fsp3) is 0.357. The molecule has 14 heteroatoms. The maximum Gasteiger partial charge on any atom is 0.573 e. The number of methoxy groups -OCH3 is 1. The number of anilines is 1. The Morgan fingerprint density at radius 2 is 1.79 bits per heavy atom. The Hall–Kier alpha value is -2.77. The molecule has 0 unspecified atom stereocenters. The molecule has 2 N–H and O–H groups in total. The highest BCUT2D eigenvalue weighted by molar-refractivity contribution is 7.22. The minimum absolute atomic E-state index is 0.0331. The molecule has 7 nitrogen and oxygen atoms in total. The lowest BCUT2D eigenvalue weighted by Gasteiger charge is -2.33. The Balaban J connectivity index is 2.47. The van der Waals surface area contributed by atoms with Gasteiger partial charge in [-0.15, -0.1) is 13.2 Å². The van der Waals surface area contributed by atoms with E-state index in [4.69, 9.17) is 0 Å². The molecule has 0 aliphatic heterocycles. The van der Waals surface area contributed by atoms with E-state index in [9.17, 15) is 35.9 Å². The highest BCUT2D eigenvalue weighted by Crippen LogP contribution is 2.37. The number of nitrogens with one attached hydrogen (secondary N) is 2. The Kier molecular flexibility index (Phi) is 5.64. The number of halogens is 6. The SMILES string of the molecule is COC(=O)[C@](NC(C)=O)(Nc1nc2ccc(OC(F)(F)F)cc2s1)C(F)(F)F. The number of alkyl halides is 6. The van der Waals surface area contributed by atoms with Crippen LogP contribution in [-0.2, 0) is 14.3 Å². The zero-order chi connectivity index (χ0) is 21.3. The van der Waals surface area contributed by atoms with Crippen molar-refractivity contribution in [3.8, 4) is 5.75 Å². The van der Waals surface area contributed by atoms with Crippen LogP contribution in [0.25, 0.3) is 10.2 Å². The molecule has 1 aromatic carbocycles. The third-order valence-electron chi connectivity index (χ3n) is 3.17. The zero-order valence-corrected chi connectivity index (χ0v) is 14.8. The third kappa shape index (κ3) is 4.55. The number of rotatable bonds is 5. The van der Waals surface area contributed by atoms with E-state index in [1.54, 1.807) is 5.32 Å². The van der Waals surface area contributed by atoms with Crippen LogP contribution in [0, 0.1) is 0 Å². The molecular weight excluding hydrogens is 420 g/mol. The number of aromatic nitrogens is 1. The Morgan fingerprint density at radius 3 is 2.29 bits per heavy atom. The number of amides is 1. The monoisotopic (exact) mass is 431 g/mol. The van der Waals surface area contributed by atoms with Gasteiger partial charge in [-0.3, -0.25) is 4.79 Å². The first-order chi connectivity index (χ1) is 12.8. The van der Waals surface area contributed by atoms with Crippen molar-refractivity contribution in [1.82, 2.24) is 10.3 Å². The van der Waals surface area contributed by atoms with Gasteiger partial charge in [0, 0.05) is 13.0 Å². The molecule has 2 rings (SSSR count). The van der Waals surface area contributed by atoms with E-state index in [0.717, 1.165) is 25.1 Å². The summed E-state index contributed by atoms with van der Waals surface area (Å²) < 4.78 is 85.6. The van der Waals surface area contributed by atoms with E-state index in [1.165, 1.54) is 5.32 Å². The first-order valence-corrected chi connectivity index (χ1v) is 7.97. The smallest absolute Gasteiger partial charge is 0.466 e. The second-order valence-electron chi connectivity index (χ2n) is 5.24.